The van der Waals surface area contributed by atoms with Gasteiger partial charge in [0.15, 0.2) is 0 Å². The second-order valence-corrected chi connectivity index (χ2v) is 7.81. The fourth-order valence-corrected chi connectivity index (χ4v) is 4.85. The van der Waals surface area contributed by atoms with Crippen molar-refractivity contribution in [2.75, 3.05) is 25.0 Å². The van der Waals surface area contributed by atoms with Gasteiger partial charge >= 0.3 is 0 Å². The van der Waals surface area contributed by atoms with Gasteiger partial charge in [0.2, 0.25) is 5.91 Å². The van der Waals surface area contributed by atoms with E-state index in [1.165, 1.54) is 0 Å². The van der Waals surface area contributed by atoms with Crippen LogP contribution in [-0.4, -0.2) is 42.4 Å². The number of carbonyl (C=O) groups is 2. The molecule has 0 radical (unpaired) electrons. The number of fused-ring (bicyclic) bond motifs is 5. The third kappa shape index (κ3) is 2.82. The normalized spacial score (nSPS) is 28.5. The molecule has 3 saturated heterocycles. The van der Waals surface area contributed by atoms with Crippen LogP contribution in [-0.2, 0) is 4.79 Å². The van der Waals surface area contributed by atoms with Crippen molar-refractivity contribution in [2.24, 2.45) is 5.92 Å². The molecular formula is C22H23N3O2. The van der Waals surface area contributed by atoms with Crippen LogP contribution in [0, 0.1) is 5.92 Å². The summed E-state index contributed by atoms with van der Waals surface area (Å²) in [5.41, 5.74) is 2.92. The number of piperidine rings is 3. The standard InChI is InChI=1S/C22H23N3O2/c26-21-16-6-2-1-5-15(16)20(17-7-3-4-8-18(17)23-21)22(27)24-19-13-25-11-9-14(19)10-12-25/h1-8,14,19-20H,9-13H2,(H,23,26)(H,24,27)/t19-,20-/m0/s1. The van der Waals surface area contributed by atoms with Crippen LogP contribution in [0.1, 0.15) is 40.2 Å². The van der Waals surface area contributed by atoms with Gasteiger partial charge in [0, 0.05) is 23.8 Å². The van der Waals surface area contributed by atoms with Crippen molar-refractivity contribution < 1.29 is 9.59 Å². The zero-order valence-electron chi connectivity index (χ0n) is 15.2. The Balaban J connectivity index is 1.53. The van der Waals surface area contributed by atoms with Crippen LogP contribution in [0.3, 0.4) is 0 Å². The maximum Gasteiger partial charge on any atom is 0.255 e. The van der Waals surface area contributed by atoms with Crippen LogP contribution < -0.4 is 10.6 Å². The second kappa shape index (κ2) is 6.50. The summed E-state index contributed by atoms with van der Waals surface area (Å²) >= 11 is 0. The number of nitrogens with zero attached hydrogens (tertiary/aromatic N) is 1. The zero-order valence-corrected chi connectivity index (χ0v) is 15.2. The smallest absolute Gasteiger partial charge is 0.255 e. The maximum atomic E-state index is 13.5. The van der Waals surface area contributed by atoms with Crippen LogP contribution in [0.2, 0.25) is 0 Å². The molecule has 6 rings (SSSR count). The molecule has 2 amide bonds. The topological polar surface area (TPSA) is 61.4 Å². The molecule has 2 aromatic rings. The monoisotopic (exact) mass is 361 g/mol. The van der Waals surface area contributed by atoms with Gasteiger partial charge in [-0.05, 0) is 55.1 Å². The van der Waals surface area contributed by atoms with Crippen molar-refractivity contribution in [3.05, 3.63) is 65.2 Å². The van der Waals surface area contributed by atoms with Crippen LogP contribution in [0.5, 0.6) is 0 Å². The number of hydrogen-bond donors (Lipinski definition) is 2. The Kier molecular flexibility index (Phi) is 3.97. The second-order valence-electron chi connectivity index (χ2n) is 7.81. The lowest BCUT2D eigenvalue weighted by molar-refractivity contribution is -0.123. The first-order valence-electron chi connectivity index (χ1n) is 9.72. The largest absolute Gasteiger partial charge is 0.351 e. The van der Waals surface area contributed by atoms with E-state index in [0.29, 0.717) is 17.2 Å². The summed E-state index contributed by atoms with van der Waals surface area (Å²) < 4.78 is 0. The Bertz CT molecular complexity index is 902. The predicted molar refractivity (Wildman–Crippen MR) is 104 cm³/mol. The van der Waals surface area contributed by atoms with Gasteiger partial charge in [-0.25, -0.2) is 0 Å². The number of carbonyl (C=O) groups excluding carboxylic acids is 2. The Morgan fingerprint density at radius 1 is 1.00 bits per heavy atom. The number of nitrogens with one attached hydrogen (secondary N) is 2. The molecule has 4 heterocycles. The van der Waals surface area contributed by atoms with E-state index in [9.17, 15) is 9.59 Å². The summed E-state index contributed by atoms with van der Waals surface area (Å²) in [5, 5.41) is 6.29. The van der Waals surface area contributed by atoms with E-state index in [0.717, 1.165) is 43.6 Å². The molecule has 5 nitrogen and oxygen atoms in total. The molecule has 0 aliphatic carbocycles. The molecular weight excluding hydrogens is 338 g/mol. The minimum absolute atomic E-state index is 0.00912. The summed E-state index contributed by atoms with van der Waals surface area (Å²) in [4.78, 5) is 28.6. The summed E-state index contributed by atoms with van der Waals surface area (Å²) in [6.45, 7) is 3.22. The first-order chi connectivity index (χ1) is 13.2. The number of para-hydroxylation sites is 1. The summed E-state index contributed by atoms with van der Waals surface area (Å²) in [6, 6.07) is 15.3. The van der Waals surface area contributed by atoms with Crippen molar-refractivity contribution in [2.45, 2.75) is 24.8 Å². The van der Waals surface area contributed by atoms with E-state index >= 15 is 0 Å². The average molecular weight is 361 g/mol. The van der Waals surface area contributed by atoms with Crippen molar-refractivity contribution in [1.82, 2.24) is 10.2 Å². The Labute approximate surface area is 158 Å². The number of rotatable bonds is 2. The van der Waals surface area contributed by atoms with Gasteiger partial charge in [0.25, 0.3) is 5.91 Å². The molecule has 0 spiro atoms. The lowest BCUT2D eigenvalue weighted by Crippen LogP contribution is -2.57. The fraction of sp³-hybridized carbons (Fsp3) is 0.364. The van der Waals surface area contributed by atoms with Crippen molar-refractivity contribution in [3.8, 4) is 0 Å². The molecule has 2 aromatic carbocycles. The Morgan fingerprint density at radius 2 is 1.70 bits per heavy atom. The lowest BCUT2D eigenvalue weighted by atomic mass is 9.82. The lowest BCUT2D eigenvalue weighted by Gasteiger charge is -2.45. The van der Waals surface area contributed by atoms with Gasteiger partial charge in [-0.1, -0.05) is 36.4 Å². The number of hydrogen-bond acceptors (Lipinski definition) is 3. The SMILES string of the molecule is O=C1Nc2ccccc2[C@@H](C(=O)N[C@H]2CN3CCC2CC3)c2ccccc21. The van der Waals surface area contributed by atoms with Gasteiger partial charge in [-0.2, -0.15) is 0 Å². The highest BCUT2D eigenvalue weighted by atomic mass is 16.2. The molecule has 27 heavy (non-hydrogen) atoms. The van der Waals surface area contributed by atoms with Gasteiger partial charge in [-0.3, -0.25) is 9.59 Å². The minimum atomic E-state index is -0.480. The van der Waals surface area contributed by atoms with E-state index in [1.807, 2.05) is 42.5 Å². The Hall–Kier alpha value is -2.66. The third-order valence-electron chi connectivity index (χ3n) is 6.28. The maximum absolute atomic E-state index is 13.5. The number of amides is 2. The molecule has 0 unspecified atom stereocenters. The van der Waals surface area contributed by atoms with E-state index < -0.39 is 5.92 Å². The summed E-state index contributed by atoms with van der Waals surface area (Å²) in [6.07, 6.45) is 2.31. The molecule has 2 N–H and O–H groups in total. The van der Waals surface area contributed by atoms with Crippen LogP contribution >= 0.6 is 0 Å². The molecule has 2 atom stereocenters. The molecule has 138 valence electrons. The highest BCUT2D eigenvalue weighted by molar-refractivity contribution is 6.09. The van der Waals surface area contributed by atoms with Crippen LogP contribution in [0.15, 0.2) is 48.5 Å². The molecule has 4 aliphatic heterocycles. The predicted octanol–water partition coefficient (Wildman–Crippen LogP) is 2.59. The molecule has 5 heteroatoms. The molecule has 0 aromatic heterocycles. The quantitative estimate of drug-likeness (QED) is 0.864. The van der Waals surface area contributed by atoms with E-state index in [1.54, 1.807) is 6.07 Å². The summed E-state index contributed by atoms with van der Waals surface area (Å²) in [7, 11) is 0. The third-order valence-corrected chi connectivity index (χ3v) is 6.28. The molecule has 2 bridgehead atoms. The zero-order chi connectivity index (χ0) is 18.4. The fourth-order valence-electron chi connectivity index (χ4n) is 4.85. The molecule has 0 saturated carbocycles. The van der Waals surface area contributed by atoms with E-state index in [4.69, 9.17) is 0 Å². The highest BCUT2D eigenvalue weighted by Crippen LogP contribution is 2.36. The van der Waals surface area contributed by atoms with Gasteiger partial charge < -0.3 is 15.5 Å². The first kappa shape index (κ1) is 16.5. The van der Waals surface area contributed by atoms with Crippen molar-refractivity contribution in [1.29, 1.82) is 0 Å². The number of anilines is 1. The van der Waals surface area contributed by atoms with Gasteiger partial charge in [0.05, 0.1) is 5.92 Å². The van der Waals surface area contributed by atoms with Crippen LogP contribution in [0.4, 0.5) is 5.69 Å². The van der Waals surface area contributed by atoms with Crippen molar-refractivity contribution >= 4 is 17.5 Å². The van der Waals surface area contributed by atoms with Crippen molar-refractivity contribution in [3.63, 3.8) is 0 Å². The van der Waals surface area contributed by atoms with E-state index in [2.05, 4.69) is 15.5 Å². The highest BCUT2D eigenvalue weighted by Gasteiger charge is 2.38. The van der Waals surface area contributed by atoms with Crippen LogP contribution in [0.25, 0.3) is 0 Å². The minimum Gasteiger partial charge on any atom is -0.351 e. The first-order valence-corrected chi connectivity index (χ1v) is 9.72. The summed E-state index contributed by atoms with van der Waals surface area (Å²) in [5.74, 6) is -0.0805. The van der Waals surface area contributed by atoms with E-state index in [-0.39, 0.29) is 17.9 Å². The van der Waals surface area contributed by atoms with Gasteiger partial charge in [-0.15, -0.1) is 0 Å². The average Bonchev–Trinajstić information content (AvgIpc) is 2.83. The molecule has 3 fully saturated rings. The Morgan fingerprint density at radius 3 is 2.44 bits per heavy atom. The molecule has 4 aliphatic rings. The van der Waals surface area contributed by atoms with Gasteiger partial charge in [0.1, 0.15) is 0 Å². The number of benzene rings is 2.